The second kappa shape index (κ2) is 4.55. The third kappa shape index (κ3) is 2.04. The van der Waals surface area contributed by atoms with Gasteiger partial charge in [0.2, 0.25) is 5.43 Å². The largest absolute Gasteiger partial charge is 0.353 e. The van der Waals surface area contributed by atoms with Crippen molar-refractivity contribution in [3.63, 3.8) is 0 Å². The summed E-state index contributed by atoms with van der Waals surface area (Å²) in [6.07, 6.45) is 0. The van der Waals surface area contributed by atoms with E-state index in [2.05, 4.69) is 17.6 Å². The van der Waals surface area contributed by atoms with E-state index in [1.807, 2.05) is 18.2 Å². The second-order valence-electron chi connectivity index (χ2n) is 4.23. The molecule has 1 N–H and O–H groups in total. The summed E-state index contributed by atoms with van der Waals surface area (Å²) in [5, 5.41) is 0.596. The van der Waals surface area contributed by atoms with E-state index in [-0.39, 0.29) is 11.2 Å². The average Bonchev–Trinajstić information content (AvgIpc) is 2.44. The Morgan fingerprint density at radius 1 is 1.00 bits per heavy atom. The van der Waals surface area contributed by atoms with E-state index in [1.165, 1.54) is 12.1 Å². The minimum atomic E-state index is -0.312. The van der Waals surface area contributed by atoms with E-state index in [0.29, 0.717) is 16.0 Å². The van der Waals surface area contributed by atoms with Crippen molar-refractivity contribution < 1.29 is 4.39 Å². The van der Waals surface area contributed by atoms with Gasteiger partial charge in [0, 0.05) is 10.9 Å². The molecule has 0 saturated heterocycles. The highest BCUT2D eigenvalue weighted by atomic mass is 32.1. The predicted octanol–water partition coefficient (Wildman–Crippen LogP) is 3.62. The third-order valence-electron chi connectivity index (χ3n) is 3.02. The Labute approximate surface area is 114 Å². The number of aromatic amines is 1. The van der Waals surface area contributed by atoms with Crippen LogP contribution in [0, 0.1) is 5.82 Å². The topological polar surface area (TPSA) is 32.9 Å². The van der Waals surface area contributed by atoms with E-state index in [4.69, 9.17) is 0 Å². The number of H-pyrrole nitrogens is 1. The molecule has 4 heteroatoms. The van der Waals surface area contributed by atoms with E-state index < -0.39 is 0 Å². The van der Waals surface area contributed by atoms with Gasteiger partial charge in [-0.15, -0.1) is 12.6 Å². The lowest BCUT2D eigenvalue weighted by Gasteiger charge is -2.08. The number of aromatic nitrogens is 1. The summed E-state index contributed by atoms with van der Waals surface area (Å²) in [4.78, 5) is 15.7. The van der Waals surface area contributed by atoms with Gasteiger partial charge in [-0.3, -0.25) is 4.79 Å². The Hall–Kier alpha value is -2.07. The molecule has 94 valence electrons. The highest BCUT2D eigenvalue weighted by Crippen LogP contribution is 2.24. The minimum Gasteiger partial charge on any atom is -0.353 e. The van der Waals surface area contributed by atoms with Gasteiger partial charge in [0.25, 0.3) is 0 Å². The van der Waals surface area contributed by atoms with Crippen LogP contribution in [0.3, 0.4) is 0 Å². The van der Waals surface area contributed by atoms with Crippen molar-refractivity contribution in [1.82, 2.24) is 4.98 Å². The number of para-hydroxylation sites is 1. The maximum Gasteiger partial charge on any atom is 0.203 e. The van der Waals surface area contributed by atoms with Gasteiger partial charge < -0.3 is 4.98 Å². The maximum absolute atomic E-state index is 12.9. The molecule has 0 saturated carbocycles. The first-order valence-corrected chi connectivity index (χ1v) is 6.21. The first-order chi connectivity index (χ1) is 9.16. The Morgan fingerprint density at radius 3 is 2.42 bits per heavy atom. The van der Waals surface area contributed by atoms with Gasteiger partial charge >= 0.3 is 0 Å². The molecule has 0 amide bonds. The Kier molecular flexibility index (Phi) is 2.87. The minimum absolute atomic E-state index is 0.128. The van der Waals surface area contributed by atoms with Crippen molar-refractivity contribution in [1.29, 1.82) is 0 Å². The normalized spacial score (nSPS) is 10.8. The van der Waals surface area contributed by atoms with Gasteiger partial charge in [-0.1, -0.05) is 12.1 Å². The predicted molar refractivity (Wildman–Crippen MR) is 77.2 cm³/mol. The summed E-state index contributed by atoms with van der Waals surface area (Å²) in [5.41, 5.74) is 1.95. The fourth-order valence-electron chi connectivity index (χ4n) is 2.05. The smallest absolute Gasteiger partial charge is 0.203 e. The lowest BCUT2D eigenvalue weighted by molar-refractivity contribution is 0.628. The number of thiol groups is 1. The van der Waals surface area contributed by atoms with Gasteiger partial charge in [-0.2, -0.15) is 0 Å². The van der Waals surface area contributed by atoms with Gasteiger partial charge in [-0.05, 0) is 42.0 Å². The molecular formula is C15H10FNOS. The molecular weight excluding hydrogens is 261 g/mol. The first-order valence-electron chi connectivity index (χ1n) is 5.77. The summed E-state index contributed by atoms with van der Waals surface area (Å²) in [6, 6.07) is 13.2. The zero-order valence-corrected chi connectivity index (χ0v) is 10.7. The Balaban J connectivity index is 2.33. The monoisotopic (exact) mass is 271 g/mol. The van der Waals surface area contributed by atoms with Gasteiger partial charge in [0.1, 0.15) is 5.82 Å². The van der Waals surface area contributed by atoms with Crippen LogP contribution >= 0.6 is 12.6 Å². The van der Waals surface area contributed by atoms with Crippen LogP contribution in [-0.4, -0.2) is 4.98 Å². The number of benzene rings is 2. The van der Waals surface area contributed by atoms with Gasteiger partial charge in [-0.25, -0.2) is 4.39 Å². The summed E-state index contributed by atoms with van der Waals surface area (Å²) in [7, 11) is 0. The van der Waals surface area contributed by atoms with Crippen molar-refractivity contribution >= 4 is 23.5 Å². The number of nitrogens with one attached hydrogen (secondary N) is 1. The van der Waals surface area contributed by atoms with Crippen LogP contribution in [0.4, 0.5) is 4.39 Å². The zero-order chi connectivity index (χ0) is 13.4. The summed E-state index contributed by atoms with van der Waals surface area (Å²) in [6.45, 7) is 0. The molecule has 0 radical (unpaired) electrons. The number of halogens is 1. The molecule has 2 aromatic carbocycles. The molecule has 19 heavy (non-hydrogen) atoms. The third-order valence-corrected chi connectivity index (χ3v) is 3.44. The molecule has 0 aliphatic carbocycles. The number of hydrogen-bond acceptors (Lipinski definition) is 2. The molecule has 3 aromatic rings. The quantitative estimate of drug-likeness (QED) is 0.651. The van der Waals surface area contributed by atoms with Crippen LogP contribution in [0.2, 0.25) is 0 Å². The van der Waals surface area contributed by atoms with Crippen LogP contribution in [0.5, 0.6) is 0 Å². The van der Waals surface area contributed by atoms with E-state index in [9.17, 15) is 9.18 Å². The average molecular weight is 271 g/mol. The lowest BCUT2D eigenvalue weighted by Crippen LogP contribution is -2.06. The molecule has 0 aliphatic heterocycles. The van der Waals surface area contributed by atoms with Crippen LogP contribution in [0.25, 0.3) is 22.2 Å². The number of pyridine rings is 1. The molecule has 2 nitrogen and oxygen atoms in total. The van der Waals surface area contributed by atoms with Crippen molar-refractivity contribution in [3.05, 3.63) is 64.6 Å². The lowest BCUT2D eigenvalue weighted by atomic mass is 10.1. The maximum atomic E-state index is 12.9. The summed E-state index contributed by atoms with van der Waals surface area (Å²) in [5.74, 6) is -0.312. The summed E-state index contributed by atoms with van der Waals surface area (Å²) >= 11 is 4.29. The standard InChI is InChI=1S/C15H10FNOS/c16-10-7-5-9(6-8-10)13-15(19)14(18)11-3-1-2-4-12(11)17-13/h1-8,19H,(H,17,18). The molecule has 0 atom stereocenters. The zero-order valence-electron chi connectivity index (χ0n) is 9.85. The molecule has 0 unspecified atom stereocenters. The van der Waals surface area contributed by atoms with Crippen LogP contribution in [0.15, 0.2) is 58.2 Å². The number of fused-ring (bicyclic) bond motifs is 1. The van der Waals surface area contributed by atoms with Crippen molar-refractivity contribution in [3.8, 4) is 11.3 Å². The molecule has 1 heterocycles. The number of rotatable bonds is 1. The highest BCUT2D eigenvalue weighted by Gasteiger charge is 2.10. The van der Waals surface area contributed by atoms with E-state index in [1.54, 1.807) is 18.2 Å². The Morgan fingerprint density at radius 2 is 1.68 bits per heavy atom. The van der Waals surface area contributed by atoms with Crippen molar-refractivity contribution in [2.75, 3.05) is 0 Å². The SMILES string of the molecule is O=c1c(S)c(-c2ccc(F)cc2)[nH]c2ccccc12. The molecule has 0 spiro atoms. The van der Waals surface area contributed by atoms with Crippen LogP contribution in [-0.2, 0) is 0 Å². The molecule has 0 bridgehead atoms. The Bertz CT molecular complexity index is 808. The fraction of sp³-hybridized carbons (Fsp3) is 0. The fourth-order valence-corrected chi connectivity index (χ4v) is 2.36. The van der Waals surface area contributed by atoms with Crippen molar-refractivity contribution in [2.45, 2.75) is 4.90 Å². The molecule has 1 aromatic heterocycles. The van der Waals surface area contributed by atoms with Crippen LogP contribution in [0.1, 0.15) is 0 Å². The van der Waals surface area contributed by atoms with Crippen molar-refractivity contribution in [2.24, 2.45) is 0 Å². The molecule has 0 aliphatic rings. The highest BCUT2D eigenvalue weighted by molar-refractivity contribution is 7.80. The van der Waals surface area contributed by atoms with Gasteiger partial charge in [0.05, 0.1) is 10.6 Å². The summed E-state index contributed by atoms with van der Waals surface area (Å²) < 4.78 is 12.9. The molecule has 3 rings (SSSR count). The first kappa shape index (κ1) is 12.0. The molecule has 0 fully saturated rings. The van der Waals surface area contributed by atoms with Gasteiger partial charge in [0.15, 0.2) is 0 Å². The van der Waals surface area contributed by atoms with E-state index in [0.717, 1.165) is 11.1 Å². The number of hydrogen-bond donors (Lipinski definition) is 2. The van der Waals surface area contributed by atoms with Crippen LogP contribution < -0.4 is 5.43 Å². The van der Waals surface area contributed by atoms with E-state index >= 15 is 0 Å². The second-order valence-corrected chi connectivity index (χ2v) is 4.68.